The first-order valence-electron chi connectivity index (χ1n) is 6.28. The van der Waals surface area contributed by atoms with Gasteiger partial charge < -0.3 is 4.90 Å². The minimum Gasteiger partial charge on any atom is -0.335 e. The van der Waals surface area contributed by atoms with Crippen LogP contribution in [0.4, 0.5) is 0 Å². The smallest absolute Gasteiger partial charge is 0.255 e. The van der Waals surface area contributed by atoms with Crippen molar-refractivity contribution < 1.29 is 4.79 Å². The van der Waals surface area contributed by atoms with Gasteiger partial charge in [0.15, 0.2) is 0 Å². The molecule has 0 aromatic heterocycles. The Morgan fingerprint density at radius 1 is 1.20 bits per heavy atom. The molecular weight excluding hydrogens is 429 g/mol. The van der Waals surface area contributed by atoms with Gasteiger partial charge >= 0.3 is 0 Å². The van der Waals surface area contributed by atoms with E-state index in [4.69, 9.17) is 0 Å². The van der Waals surface area contributed by atoms with E-state index in [9.17, 15) is 4.79 Å². The average Bonchev–Trinajstić information content (AvgIpc) is 2.48. The molecule has 2 rings (SSSR count). The van der Waals surface area contributed by atoms with E-state index in [0.29, 0.717) is 0 Å². The van der Waals surface area contributed by atoms with Crippen molar-refractivity contribution in [2.75, 3.05) is 7.05 Å². The van der Waals surface area contributed by atoms with E-state index in [1.165, 1.54) is 0 Å². The first-order chi connectivity index (χ1) is 9.50. The van der Waals surface area contributed by atoms with Gasteiger partial charge in [0, 0.05) is 15.1 Å². The van der Waals surface area contributed by atoms with Gasteiger partial charge in [0.2, 0.25) is 0 Å². The molecular formula is C16H15BrINO. The summed E-state index contributed by atoms with van der Waals surface area (Å²) in [4.78, 5) is 14.4. The fourth-order valence-electron chi connectivity index (χ4n) is 1.98. The van der Waals surface area contributed by atoms with E-state index in [2.05, 4.69) is 38.5 Å². The van der Waals surface area contributed by atoms with Crippen LogP contribution in [0.3, 0.4) is 0 Å². The van der Waals surface area contributed by atoms with Gasteiger partial charge in [-0.25, -0.2) is 0 Å². The summed E-state index contributed by atoms with van der Waals surface area (Å²) in [7, 11) is 1.84. The quantitative estimate of drug-likeness (QED) is 0.618. The van der Waals surface area contributed by atoms with Crippen LogP contribution in [0.25, 0.3) is 0 Å². The molecule has 0 saturated heterocycles. The average molecular weight is 444 g/mol. The molecule has 0 heterocycles. The van der Waals surface area contributed by atoms with Crippen LogP contribution in [-0.2, 0) is 0 Å². The number of rotatable bonds is 3. The second-order valence-electron chi connectivity index (χ2n) is 4.63. The number of hydrogen-bond donors (Lipinski definition) is 0. The molecule has 2 nitrogen and oxygen atoms in total. The highest BCUT2D eigenvalue weighted by molar-refractivity contribution is 14.1. The summed E-state index contributed by atoms with van der Waals surface area (Å²) < 4.78 is 1.88. The maximum absolute atomic E-state index is 12.6. The van der Waals surface area contributed by atoms with Gasteiger partial charge in [0.05, 0.1) is 11.6 Å². The molecule has 0 aliphatic heterocycles. The van der Waals surface area contributed by atoms with Gasteiger partial charge in [-0.1, -0.05) is 46.3 Å². The molecule has 1 atom stereocenters. The summed E-state index contributed by atoms with van der Waals surface area (Å²) in [5.41, 5.74) is 1.86. The Morgan fingerprint density at radius 2 is 1.85 bits per heavy atom. The number of amides is 1. The zero-order valence-electron chi connectivity index (χ0n) is 11.3. The maximum Gasteiger partial charge on any atom is 0.255 e. The van der Waals surface area contributed by atoms with Gasteiger partial charge in [-0.15, -0.1) is 0 Å². The lowest BCUT2D eigenvalue weighted by atomic mass is 10.1. The Bertz CT molecular complexity index is 615. The van der Waals surface area contributed by atoms with E-state index in [1.54, 1.807) is 4.90 Å². The SMILES string of the molecule is CC(c1ccccc1)N(C)C(=O)c1cc(Br)ccc1I. The Morgan fingerprint density at radius 3 is 2.50 bits per heavy atom. The number of carbonyl (C=O) groups is 1. The topological polar surface area (TPSA) is 20.3 Å². The normalized spacial score (nSPS) is 12.0. The predicted molar refractivity (Wildman–Crippen MR) is 93.8 cm³/mol. The molecule has 1 unspecified atom stereocenters. The van der Waals surface area contributed by atoms with Crippen molar-refractivity contribution in [3.8, 4) is 0 Å². The lowest BCUT2D eigenvalue weighted by Gasteiger charge is -2.26. The van der Waals surface area contributed by atoms with Crippen LogP contribution in [0.2, 0.25) is 0 Å². The van der Waals surface area contributed by atoms with Crippen LogP contribution < -0.4 is 0 Å². The zero-order chi connectivity index (χ0) is 14.7. The number of halogens is 2. The van der Waals surface area contributed by atoms with E-state index < -0.39 is 0 Å². The predicted octanol–water partition coefficient (Wildman–Crippen LogP) is 4.89. The summed E-state index contributed by atoms with van der Waals surface area (Å²) in [5.74, 6) is 0.0343. The fraction of sp³-hybridized carbons (Fsp3) is 0.188. The molecule has 4 heteroatoms. The highest BCUT2D eigenvalue weighted by Gasteiger charge is 2.20. The van der Waals surface area contributed by atoms with Crippen LogP contribution >= 0.6 is 38.5 Å². The van der Waals surface area contributed by atoms with Crippen molar-refractivity contribution >= 4 is 44.4 Å². The summed E-state index contributed by atoms with van der Waals surface area (Å²) in [6, 6.07) is 15.9. The second kappa shape index (κ2) is 6.72. The van der Waals surface area contributed by atoms with Crippen molar-refractivity contribution in [3.63, 3.8) is 0 Å². The Kier molecular flexibility index (Phi) is 5.21. The van der Waals surface area contributed by atoms with Crippen molar-refractivity contribution in [1.82, 2.24) is 4.90 Å². The van der Waals surface area contributed by atoms with Gasteiger partial charge in [0.1, 0.15) is 0 Å². The lowest BCUT2D eigenvalue weighted by Crippen LogP contribution is -2.30. The summed E-state index contributed by atoms with van der Waals surface area (Å²) >= 11 is 5.62. The number of hydrogen-bond acceptors (Lipinski definition) is 1. The van der Waals surface area contributed by atoms with Crippen LogP contribution in [0.1, 0.15) is 28.9 Å². The maximum atomic E-state index is 12.6. The Hall–Kier alpha value is -0.880. The molecule has 0 fully saturated rings. The van der Waals surface area contributed by atoms with E-state index >= 15 is 0 Å². The summed E-state index contributed by atoms with van der Waals surface area (Å²) in [5, 5.41) is 0. The molecule has 1 amide bonds. The zero-order valence-corrected chi connectivity index (χ0v) is 15.1. The van der Waals surface area contributed by atoms with Gasteiger partial charge in [-0.3, -0.25) is 4.79 Å². The third-order valence-electron chi connectivity index (χ3n) is 3.34. The highest BCUT2D eigenvalue weighted by atomic mass is 127. The number of benzene rings is 2. The van der Waals surface area contributed by atoms with Gasteiger partial charge in [-0.05, 0) is 53.3 Å². The minimum atomic E-state index is 0.0343. The monoisotopic (exact) mass is 443 g/mol. The molecule has 20 heavy (non-hydrogen) atoms. The first kappa shape index (κ1) is 15.5. The molecule has 2 aromatic carbocycles. The highest BCUT2D eigenvalue weighted by Crippen LogP contribution is 2.24. The number of nitrogens with zero attached hydrogens (tertiary/aromatic N) is 1. The van der Waals surface area contributed by atoms with Crippen molar-refractivity contribution in [2.45, 2.75) is 13.0 Å². The lowest BCUT2D eigenvalue weighted by molar-refractivity contribution is 0.0741. The van der Waals surface area contributed by atoms with Gasteiger partial charge in [-0.2, -0.15) is 0 Å². The molecule has 0 saturated carbocycles. The number of carbonyl (C=O) groups excluding carboxylic acids is 1. The Balaban J connectivity index is 2.27. The minimum absolute atomic E-state index is 0.0343. The molecule has 0 aliphatic carbocycles. The van der Waals surface area contributed by atoms with Crippen LogP contribution in [0.5, 0.6) is 0 Å². The van der Waals surface area contributed by atoms with Crippen LogP contribution in [0, 0.1) is 3.57 Å². The van der Waals surface area contributed by atoms with E-state index in [-0.39, 0.29) is 11.9 Å². The third-order valence-corrected chi connectivity index (χ3v) is 4.78. The molecule has 2 aromatic rings. The van der Waals surface area contributed by atoms with Crippen molar-refractivity contribution in [2.24, 2.45) is 0 Å². The molecule has 0 radical (unpaired) electrons. The van der Waals surface area contributed by atoms with E-state index in [0.717, 1.165) is 19.2 Å². The molecule has 0 spiro atoms. The van der Waals surface area contributed by atoms with Crippen molar-refractivity contribution in [1.29, 1.82) is 0 Å². The van der Waals surface area contributed by atoms with Crippen molar-refractivity contribution in [3.05, 3.63) is 67.7 Å². The molecule has 104 valence electrons. The summed E-state index contributed by atoms with van der Waals surface area (Å²) in [6.07, 6.45) is 0. The molecule has 0 bridgehead atoms. The van der Waals surface area contributed by atoms with E-state index in [1.807, 2.05) is 62.5 Å². The van der Waals surface area contributed by atoms with Gasteiger partial charge in [0.25, 0.3) is 5.91 Å². The fourth-order valence-corrected chi connectivity index (χ4v) is 2.91. The molecule has 0 aliphatic rings. The Labute approximate surface area is 141 Å². The molecule has 0 N–H and O–H groups in total. The first-order valence-corrected chi connectivity index (χ1v) is 8.15. The largest absolute Gasteiger partial charge is 0.335 e. The second-order valence-corrected chi connectivity index (χ2v) is 6.70. The van der Waals surface area contributed by atoms with Crippen LogP contribution in [0.15, 0.2) is 53.0 Å². The standard InChI is InChI=1S/C16H15BrINO/c1-11(12-6-4-3-5-7-12)19(2)16(20)14-10-13(17)8-9-15(14)18/h3-11H,1-2H3. The van der Waals surface area contributed by atoms with Crippen LogP contribution in [-0.4, -0.2) is 17.9 Å². The third kappa shape index (κ3) is 3.41. The summed E-state index contributed by atoms with van der Waals surface area (Å²) in [6.45, 7) is 2.04.